The molecule has 0 bridgehead atoms. The molecule has 0 heterocycles. The topological polar surface area (TPSA) is 29.1 Å². The molecule has 2 aromatic carbocycles. The van der Waals surface area contributed by atoms with Crippen LogP contribution in [0.5, 0.6) is 0 Å². The van der Waals surface area contributed by atoms with Crippen molar-refractivity contribution in [1.29, 1.82) is 0 Å². The molecule has 0 fully saturated rings. The fourth-order valence-corrected chi connectivity index (χ4v) is 2.25. The highest BCUT2D eigenvalue weighted by molar-refractivity contribution is 9.10. The highest BCUT2D eigenvalue weighted by Gasteiger charge is 2.12. The van der Waals surface area contributed by atoms with E-state index in [-0.39, 0.29) is 17.8 Å². The van der Waals surface area contributed by atoms with Crippen LogP contribution in [0.4, 0.5) is 4.39 Å². The maximum absolute atomic E-state index is 12.9. The lowest BCUT2D eigenvalue weighted by Crippen LogP contribution is -2.26. The minimum Gasteiger partial charge on any atom is -0.346 e. The third kappa shape index (κ3) is 3.58. The van der Waals surface area contributed by atoms with Gasteiger partial charge in [-0.05, 0) is 58.7 Å². The molecular formula is C15H12BrClFNO. The van der Waals surface area contributed by atoms with E-state index in [2.05, 4.69) is 21.2 Å². The van der Waals surface area contributed by atoms with Crippen molar-refractivity contribution in [3.8, 4) is 0 Å². The summed E-state index contributed by atoms with van der Waals surface area (Å²) in [6, 6.07) is 10.8. The fraction of sp³-hybridized carbons (Fsp3) is 0.133. The number of hydrogen-bond donors (Lipinski definition) is 1. The monoisotopic (exact) mass is 355 g/mol. The van der Waals surface area contributed by atoms with Crippen LogP contribution in [-0.2, 0) is 0 Å². The molecular weight excluding hydrogens is 345 g/mol. The van der Waals surface area contributed by atoms with Gasteiger partial charge in [0.1, 0.15) is 5.82 Å². The highest BCUT2D eigenvalue weighted by atomic mass is 79.9. The van der Waals surface area contributed by atoms with Crippen molar-refractivity contribution in [3.63, 3.8) is 0 Å². The maximum atomic E-state index is 12.9. The SMILES string of the molecule is CC(NC(=O)c1ccc(Cl)c(Br)c1)c1ccc(F)cc1. The lowest BCUT2D eigenvalue weighted by molar-refractivity contribution is 0.0940. The van der Waals surface area contributed by atoms with Crippen molar-refractivity contribution >= 4 is 33.4 Å². The second kappa shape index (κ2) is 6.37. The number of benzene rings is 2. The molecule has 1 N–H and O–H groups in total. The Kier molecular flexibility index (Phi) is 4.78. The summed E-state index contributed by atoms with van der Waals surface area (Å²) in [5, 5.41) is 3.40. The Labute approximate surface area is 130 Å². The molecule has 1 atom stereocenters. The van der Waals surface area contributed by atoms with Crippen LogP contribution in [0.2, 0.25) is 5.02 Å². The van der Waals surface area contributed by atoms with Crippen LogP contribution in [0.25, 0.3) is 0 Å². The van der Waals surface area contributed by atoms with Gasteiger partial charge in [0.2, 0.25) is 0 Å². The summed E-state index contributed by atoms with van der Waals surface area (Å²) in [7, 11) is 0. The van der Waals surface area contributed by atoms with Crippen LogP contribution >= 0.6 is 27.5 Å². The Hall–Kier alpha value is -1.39. The Morgan fingerprint density at radius 1 is 1.25 bits per heavy atom. The van der Waals surface area contributed by atoms with Crippen molar-refractivity contribution in [2.45, 2.75) is 13.0 Å². The standard InChI is InChI=1S/C15H12BrClFNO/c1-9(10-2-5-12(18)6-3-10)19-15(20)11-4-7-14(17)13(16)8-11/h2-9H,1H3,(H,19,20). The molecule has 5 heteroatoms. The molecule has 20 heavy (non-hydrogen) atoms. The minimum absolute atomic E-state index is 0.209. The molecule has 1 amide bonds. The number of rotatable bonds is 3. The zero-order valence-corrected chi connectivity index (χ0v) is 13.0. The average Bonchev–Trinajstić information content (AvgIpc) is 2.42. The lowest BCUT2D eigenvalue weighted by Gasteiger charge is -2.14. The van der Waals surface area contributed by atoms with Gasteiger partial charge in [0, 0.05) is 10.0 Å². The summed E-state index contributed by atoms with van der Waals surface area (Å²) in [5.41, 5.74) is 1.35. The third-order valence-corrected chi connectivity index (χ3v) is 4.11. The molecule has 0 radical (unpaired) electrons. The second-order valence-electron chi connectivity index (χ2n) is 4.38. The molecule has 0 saturated carbocycles. The van der Waals surface area contributed by atoms with E-state index in [1.807, 2.05) is 6.92 Å². The summed E-state index contributed by atoms with van der Waals surface area (Å²) in [6.45, 7) is 1.84. The first-order valence-corrected chi connectivity index (χ1v) is 7.16. The molecule has 0 aliphatic rings. The minimum atomic E-state index is -0.297. The zero-order chi connectivity index (χ0) is 14.7. The molecule has 0 aliphatic heterocycles. The van der Waals surface area contributed by atoms with Crippen molar-refractivity contribution in [2.75, 3.05) is 0 Å². The quantitative estimate of drug-likeness (QED) is 0.846. The molecule has 2 nitrogen and oxygen atoms in total. The summed E-state index contributed by atoms with van der Waals surface area (Å²) in [6.07, 6.45) is 0. The van der Waals surface area contributed by atoms with Crippen LogP contribution in [0.1, 0.15) is 28.9 Å². The van der Waals surface area contributed by atoms with Crippen LogP contribution in [-0.4, -0.2) is 5.91 Å². The first-order valence-electron chi connectivity index (χ1n) is 5.99. The number of hydrogen-bond acceptors (Lipinski definition) is 1. The average molecular weight is 357 g/mol. The Bertz CT molecular complexity index is 630. The predicted octanol–water partition coefficient (Wildman–Crippen LogP) is 4.73. The molecule has 0 aromatic heterocycles. The molecule has 0 spiro atoms. The van der Waals surface area contributed by atoms with E-state index in [1.165, 1.54) is 12.1 Å². The second-order valence-corrected chi connectivity index (χ2v) is 5.64. The van der Waals surface area contributed by atoms with Crippen LogP contribution in [0.3, 0.4) is 0 Å². The molecule has 2 rings (SSSR count). The Morgan fingerprint density at radius 2 is 1.90 bits per heavy atom. The van der Waals surface area contributed by atoms with Crippen LogP contribution in [0.15, 0.2) is 46.9 Å². The van der Waals surface area contributed by atoms with Gasteiger partial charge in [0.15, 0.2) is 0 Å². The van der Waals surface area contributed by atoms with Crippen molar-refractivity contribution < 1.29 is 9.18 Å². The number of amides is 1. The van der Waals surface area contributed by atoms with Gasteiger partial charge in [-0.15, -0.1) is 0 Å². The number of carbonyl (C=O) groups excluding carboxylic acids is 1. The first-order chi connectivity index (χ1) is 9.47. The van der Waals surface area contributed by atoms with Crippen LogP contribution in [0, 0.1) is 5.82 Å². The van der Waals surface area contributed by atoms with E-state index in [9.17, 15) is 9.18 Å². The summed E-state index contributed by atoms with van der Waals surface area (Å²) >= 11 is 9.17. The van der Waals surface area contributed by atoms with Gasteiger partial charge in [-0.3, -0.25) is 4.79 Å². The van der Waals surface area contributed by atoms with Gasteiger partial charge >= 0.3 is 0 Å². The molecule has 104 valence electrons. The van der Waals surface area contributed by atoms with E-state index in [1.54, 1.807) is 30.3 Å². The van der Waals surface area contributed by atoms with Gasteiger partial charge < -0.3 is 5.32 Å². The van der Waals surface area contributed by atoms with Gasteiger partial charge in [0.25, 0.3) is 5.91 Å². The van der Waals surface area contributed by atoms with E-state index in [0.29, 0.717) is 15.1 Å². The van der Waals surface area contributed by atoms with Crippen molar-refractivity contribution in [2.24, 2.45) is 0 Å². The van der Waals surface area contributed by atoms with E-state index in [4.69, 9.17) is 11.6 Å². The summed E-state index contributed by atoms with van der Waals surface area (Å²) < 4.78 is 13.5. The van der Waals surface area contributed by atoms with E-state index in [0.717, 1.165) is 5.56 Å². The number of nitrogens with one attached hydrogen (secondary N) is 1. The Morgan fingerprint density at radius 3 is 2.50 bits per heavy atom. The molecule has 2 aromatic rings. The first kappa shape index (κ1) is 15.0. The molecule has 0 saturated heterocycles. The highest BCUT2D eigenvalue weighted by Crippen LogP contribution is 2.23. The molecule has 0 aliphatic carbocycles. The fourth-order valence-electron chi connectivity index (χ4n) is 1.75. The predicted molar refractivity (Wildman–Crippen MR) is 81.4 cm³/mol. The van der Waals surface area contributed by atoms with Gasteiger partial charge in [-0.2, -0.15) is 0 Å². The number of carbonyl (C=O) groups is 1. The largest absolute Gasteiger partial charge is 0.346 e. The van der Waals surface area contributed by atoms with Gasteiger partial charge in [-0.25, -0.2) is 4.39 Å². The van der Waals surface area contributed by atoms with Crippen molar-refractivity contribution in [3.05, 3.63) is 68.9 Å². The summed E-state index contributed by atoms with van der Waals surface area (Å²) in [5.74, 6) is -0.506. The summed E-state index contributed by atoms with van der Waals surface area (Å²) in [4.78, 5) is 12.1. The smallest absolute Gasteiger partial charge is 0.251 e. The number of halogens is 3. The van der Waals surface area contributed by atoms with E-state index >= 15 is 0 Å². The van der Waals surface area contributed by atoms with Gasteiger partial charge in [-0.1, -0.05) is 23.7 Å². The third-order valence-electron chi connectivity index (χ3n) is 2.90. The zero-order valence-electron chi connectivity index (χ0n) is 10.7. The van der Waals surface area contributed by atoms with Crippen LogP contribution < -0.4 is 5.32 Å². The lowest BCUT2D eigenvalue weighted by atomic mass is 10.1. The normalized spacial score (nSPS) is 12.0. The molecule has 1 unspecified atom stereocenters. The maximum Gasteiger partial charge on any atom is 0.251 e. The van der Waals surface area contributed by atoms with Gasteiger partial charge in [0.05, 0.1) is 11.1 Å². The van der Waals surface area contributed by atoms with E-state index < -0.39 is 0 Å². The van der Waals surface area contributed by atoms with Crippen molar-refractivity contribution in [1.82, 2.24) is 5.32 Å². The Balaban J connectivity index is 2.10.